The van der Waals surface area contributed by atoms with E-state index in [0.717, 1.165) is 67.4 Å². The Hall–Kier alpha value is -2.86. The predicted molar refractivity (Wildman–Crippen MR) is 108 cm³/mol. The Bertz CT molecular complexity index is 890. The van der Waals surface area contributed by atoms with Crippen molar-refractivity contribution in [3.05, 3.63) is 54.4 Å². The lowest BCUT2D eigenvalue weighted by Gasteiger charge is -2.22. The summed E-state index contributed by atoms with van der Waals surface area (Å²) in [6, 6.07) is 14.3. The van der Waals surface area contributed by atoms with E-state index in [2.05, 4.69) is 44.5 Å². The Morgan fingerprint density at radius 2 is 1.96 bits per heavy atom. The summed E-state index contributed by atoms with van der Waals surface area (Å²) in [5.74, 6) is 1.85. The van der Waals surface area contributed by atoms with Crippen LogP contribution < -0.4 is 15.0 Å². The van der Waals surface area contributed by atoms with Gasteiger partial charge in [0.1, 0.15) is 17.9 Å². The zero-order valence-corrected chi connectivity index (χ0v) is 15.5. The Kier molecular flexibility index (Phi) is 5.34. The molecule has 0 bridgehead atoms. The molecule has 27 heavy (non-hydrogen) atoms. The van der Waals surface area contributed by atoms with Crippen LogP contribution in [0.3, 0.4) is 0 Å². The van der Waals surface area contributed by atoms with Crippen molar-refractivity contribution in [2.24, 2.45) is 0 Å². The number of benzene rings is 2. The minimum atomic E-state index is 0.737. The summed E-state index contributed by atoms with van der Waals surface area (Å²) in [5, 5.41) is 4.56. The van der Waals surface area contributed by atoms with Crippen molar-refractivity contribution in [2.75, 3.05) is 43.6 Å². The summed E-state index contributed by atoms with van der Waals surface area (Å²) in [6.07, 6.45) is 2.66. The molecule has 0 atom stereocenters. The molecule has 0 amide bonds. The second kappa shape index (κ2) is 8.22. The van der Waals surface area contributed by atoms with E-state index in [0.29, 0.717) is 0 Å². The third kappa shape index (κ3) is 4.11. The molecule has 3 aromatic rings. The van der Waals surface area contributed by atoms with Crippen LogP contribution in [0.2, 0.25) is 0 Å². The highest BCUT2D eigenvalue weighted by atomic mass is 16.5. The van der Waals surface area contributed by atoms with Crippen molar-refractivity contribution < 1.29 is 9.47 Å². The predicted octanol–water partition coefficient (Wildman–Crippen LogP) is 3.48. The average Bonchev–Trinajstić information content (AvgIpc) is 3.01. The number of aromatic nitrogens is 2. The van der Waals surface area contributed by atoms with Crippen LogP contribution in [0.5, 0.6) is 5.75 Å². The summed E-state index contributed by atoms with van der Waals surface area (Å²) < 4.78 is 10.8. The third-order valence-corrected chi connectivity index (χ3v) is 4.79. The summed E-state index contributed by atoms with van der Waals surface area (Å²) >= 11 is 0. The van der Waals surface area contributed by atoms with Crippen LogP contribution in [-0.4, -0.2) is 43.4 Å². The van der Waals surface area contributed by atoms with E-state index in [1.54, 1.807) is 13.4 Å². The van der Waals surface area contributed by atoms with E-state index in [-0.39, 0.29) is 0 Å². The topological polar surface area (TPSA) is 59.5 Å². The molecule has 1 N–H and O–H groups in total. The number of anilines is 2. The molecule has 4 rings (SSSR count). The largest absolute Gasteiger partial charge is 0.497 e. The SMILES string of the molecule is COc1ccc(CNc2ccc3ncnc(N4CCCOCC4)c3c2)cc1. The van der Waals surface area contributed by atoms with Crippen LogP contribution in [0.15, 0.2) is 48.8 Å². The second-order valence-corrected chi connectivity index (χ2v) is 6.58. The molecule has 140 valence electrons. The van der Waals surface area contributed by atoms with E-state index < -0.39 is 0 Å². The van der Waals surface area contributed by atoms with Crippen LogP contribution in [0.4, 0.5) is 11.5 Å². The molecule has 2 heterocycles. The number of nitrogens with zero attached hydrogens (tertiary/aromatic N) is 3. The smallest absolute Gasteiger partial charge is 0.140 e. The van der Waals surface area contributed by atoms with Gasteiger partial charge in [-0.15, -0.1) is 0 Å². The number of nitrogens with one attached hydrogen (secondary N) is 1. The minimum absolute atomic E-state index is 0.737. The van der Waals surface area contributed by atoms with Gasteiger partial charge in [-0.25, -0.2) is 9.97 Å². The monoisotopic (exact) mass is 364 g/mol. The maximum atomic E-state index is 5.58. The normalized spacial score (nSPS) is 14.8. The summed E-state index contributed by atoms with van der Waals surface area (Å²) in [5.41, 5.74) is 3.21. The quantitative estimate of drug-likeness (QED) is 0.748. The van der Waals surface area contributed by atoms with Gasteiger partial charge in [0.15, 0.2) is 0 Å². The summed E-state index contributed by atoms with van der Waals surface area (Å²) in [4.78, 5) is 11.3. The minimum Gasteiger partial charge on any atom is -0.497 e. The Balaban J connectivity index is 1.55. The first-order valence-corrected chi connectivity index (χ1v) is 9.28. The second-order valence-electron chi connectivity index (χ2n) is 6.58. The summed E-state index contributed by atoms with van der Waals surface area (Å²) in [6.45, 7) is 4.11. The van der Waals surface area contributed by atoms with E-state index in [1.807, 2.05) is 18.2 Å². The molecule has 0 aliphatic carbocycles. The van der Waals surface area contributed by atoms with Gasteiger partial charge >= 0.3 is 0 Å². The molecular weight excluding hydrogens is 340 g/mol. The Morgan fingerprint density at radius 1 is 1.07 bits per heavy atom. The van der Waals surface area contributed by atoms with Crippen LogP contribution in [0.25, 0.3) is 10.9 Å². The van der Waals surface area contributed by atoms with Gasteiger partial charge in [-0.1, -0.05) is 12.1 Å². The van der Waals surface area contributed by atoms with E-state index in [1.165, 1.54) is 5.56 Å². The lowest BCUT2D eigenvalue weighted by atomic mass is 10.1. The van der Waals surface area contributed by atoms with Gasteiger partial charge in [0.2, 0.25) is 0 Å². The molecule has 6 nitrogen and oxygen atoms in total. The van der Waals surface area contributed by atoms with E-state index >= 15 is 0 Å². The maximum Gasteiger partial charge on any atom is 0.140 e. The lowest BCUT2D eigenvalue weighted by molar-refractivity contribution is 0.152. The fourth-order valence-corrected chi connectivity index (χ4v) is 3.31. The van der Waals surface area contributed by atoms with Crippen molar-refractivity contribution in [3.63, 3.8) is 0 Å². The molecule has 1 aromatic heterocycles. The molecule has 6 heteroatoms. The van der Waals surface area contributed by atoms with E-state index in [9.17, 15) is 0 Å². The van der Waals surface area contributed by atoms with Crippen molar-refractivity contribution in [1.82, 2.24) is 9.97 Å². The molecule has 1 saturated heterocycles. The number of fused-ring (bicyclic) bond motifs is 1. The first-order chi connectivity index (χ1) is 13.3. The van der Waals surface area contributed by atoms with Gasteiger partial charge < -0.3 is 19.7 Å². The average molecular weight is 364 g/mol. The standard InChI is InChI=1S/C21H24N4O2/c1-26-18-6-3-16(4-7-18)14-22-17-5-8-20-19(13-17)21(24-15-23-20)25-9-2-11-27-12-10-25/h3-8,13,15,22H,2,9-12,14H2,1H3. The Morgan fingerprint density at radius 3 is 2.81 bits per heavy atom. The zero-order chi connectivity index (χ0) is 18.5. The number of methoxy groups -OCH3 is 1. The molecule has 0 saturated carbocycles. The molecular formula is C21H24N4O2. The van der Waals surface area contributed by atoms with Gasteiger partial charge in [-0.2, -0.15) is 0 Å². The van der Waals surface area contributed by atoms with Gasteiger partial charge in [-0.05, 0) is 42.3 Å². The number of rotatable bonds is 5. The molecule has 2 aromatic carbocycles. The maximum absolute atomic E-state index is 5.58. The fraction of sp³-hybridized carbons (Fsp3) is 0.333. The van der Waals surface area contributed by atoms with Crippen LogP contribution in [0, 0.1) is 0 Å². The first kappa shape index (κ1) is 17.5. The third-order valence-electron chi connectivity index (χ3n) is 4.79. The summed E-state index contributed by atoms with van der Waals surface area (Å²) in [7, 11) is 1.68. The molecule has 0 spiro atoms. The molecule has 0 radical (unpaired) electrons. The number of hydrogen-bond donors (Lipinski definition) is 1. The van der Waals surface area contributed by atoms with Gasteiger partial charge in [0.05, 0.1) is 19.2 Å². The van der Waals surface area contributed by atoms with Crippen LogP contribution in [0.1, 0.15) is 12.0 Å². The molecule has 1 fully saturated rings. The van der Waals surface area contributed by atoms with Gasteiger partial charge in [0, 0.05) is 37.3 Å². The molecule has 1 aliphatic rings. The highest BCUT2D eigenvalue weighted by Gasteiger charge is 2.15. The molecule has 1 aliphatic heterocycles. The highest BCUT2D eigenvalue weighted by Crippen LogP contribution is 2.27. The van der Waals surface area contributed by atoms with Crippen molar-refractivity contribution >= 4 is 22.4 Å². The lowest BCUT2D eigenvalue weighted by Crippen LogP contribution is -2.27. The Labute approximate surface area is 159 Å². The fourth-order valence-electron chi connectivity index (χ4n) is 3.31. The van der Waals surface area contributed by atoms with Gasteiger partial charge in [-0.3, -0.25) is 0 Å². The zero-order valence-electron chi connectivity index (χ0n) is 15.5. The van der Waals surface area contributed by atoms with Crippen molar-refractivity contribution in [2.45, 2.75) is 13.0 Å². The van der Waals surface area contributed by atoms with Crippen LogP contribution in [-0.2, 0) is 11.3 Å². The first-order valence-electron chi connectivity index (χ1n) is 9.28. The number of hydrogen-bond acceptors (Lipinski definition) is 6. The van der Waals surface area contributed by atoms with Gasteiger partial charge in [0.25, 0.3) is 0 Å². The highest BCUT2D eigenvalue weighted by molar-refractivity contribution is 5.91. The number of ether oxygens (including phenoxy) is 2. The van der Waals surface area contributed by atoms with Crippen molar-refractivity contribution in [3.8, 4) is 5.75 Å². The van der Waals surface area contributed by atoms with Crippen molar-refractivity contribution in [1.29, 1.82) is 0 Å². The van der Waals surface area contributed by atoms with Crippen LogP contribution >= 0.6 is 0 Å². The molecule has 0 unspecified atom stereocenters. The van der Waals surface area contributed by atoms with E-state index in [4.69, 9.17) is 9.47 Å².